The molecule has 82 valence electrons. The van der Waals surface area contributed by atoms with Gasteiger partial charge in [0.2, 0.25) is 0 Å². The zero-order chi connectivity index (χ0) is 10.8. The van der Waals surface area contributed by atoms with E-state index in [1.54, 1.807) is 0 Å². The van der Waals surface area contributed by atoms with Gasteiger partial charge in [-0.3, -0.25) is 0 Å². The molecule has 0 heterocycles. The van der Waals surface area contributed by atoms with E-state index in [0.29, 0.717) is 12.0 Å². The van der Waals surface area contributed by atoms with Gasteiger partial charge in [-0.2, -0.15) is 0 Å². The van der Waals surface area contributed by atoms with E-state index in [4.69, 9.17) is 0 Å². The third kappa shape index (κ3) is 2.34. The van der Waals surface area contributed by atoms with Crippen LogP contribution in [0.25, 0.3) is 0 Å². The summed E-state index contributed by atoms with van der Waals surface area (Å²) in [6.07, 6.45) is 3.06. The highest BCUT2D eigenvalue weighted by Gasteiger charge is 2.25. The van der Waals surface area contributed by atoms with Crippen molar-refractivity contribution in [2.75, 3.05) is 7.05 Å². The number of rotatable bonds is 2. The Balaban J connectivity index is 2.16. The summed E-state index contributed by atoms with van der Waals surface area (Å²) in [6, 6.07) is 4.31. The zero-order valence-corrected chi connectivity index (χ0v) is 8.76. The molecule has 0 aliphatic heterocycles. The molecule has 2 rings (SSSR count). The molecule has 0 radical (unpaired) electrons. The summed E-state index contributed by atoms with van der Waals surface area (Å²) in [5.41, 5.74) is 0.797. The second-order valence-corrected chi connectivity index (χ2v) is 4.20. The molecule has 1 fully saturated rings. The van der Waals surface area contributed by atoms with Gasteiger partial charge in [0.05, 0.1) is 0 Å². The summed E-state index contributed by atoms with van der Waals surface area (Å²) < 4.78 is 26.0. The van der Waals surface area contributed by atoms with Crippen LogP contribution in [0, 0.1) is 11.6 Å². The molecule has 0 aromatic heterocycles. The SMILES string of the molecule is CNC1CCC(c2cc(F)cc(F)c2)C1. The number of halogens is 2. The Morgan fingerprint density at radius 1 is 1.13 bits per heavy atom. The lowest BCUT2D eigenvalue weighted by atomic mass is 9.97. The van der Waals surface area contributed by atoms with E-state index >= 15 is 0 Å². The Labute approximate surface area is 88.5 Å². The van der Waals surface area contributed by atoms with E-state index in [1.165, 1.54) is 12.1 Å². The predicted molar refractivity (Wildman–Crippen MR) is 55.8 cm³/mol. The number of hydrogen-bond acceptors (Lipinski definition) is 1. The molecule has 0 spiro atoms. The van der Waals surface area contributed by atoms with Gasteiger partial charge in [-0.1, -0.05) is 0 Å². The standard InChI is InChI=1S/C12H15F2N/c1-15-12-3-2-8(6-12)9-4-10(13)7-11(14)5-9/h4-5,7-8,12,15H,2-3,6H2,1H3. The van der Waals surface area contributed by atoms with Gasteiger partial charge in [0.1, 0.15) is 11.6 Å². The molecule has 1 aromatic carbocycles. The van der Waals surface area contributed by atoms with Crippen molar-refractivity contribution < 1.29 is 8.78 Å². The van der Waals surface area contributed by atoms with Crippen molar-refractivity contribution in [3.05, 3.63) is 35.4 Å². The Morgan fingerprint density at radius 2 is 1.80 bits per heavy atom. The molecule has 3 heteroatoms. The van der Waals surface area contributed by atoms with Gasteiger partial charge in [-0.15, -0.1) is 0 Å². The molecule has 0 saturated heterocycles. The quantitative estimate of drug-likeness (QED) is 0.793. The molecule has 0 amide bonds. The van der Waals surface area contributed by atoms with Crippen LogP contribution in [0.2, 0.25) is 0 Å². The van der Waals surface area contributed by atoms with E-state index in [9.17, 15) is 8.78 Å². The lowest BCUT2D eigenvalue weighted by Gasteiger charge is -2.11. The molecule has 15 heavy (non-hydrogen) atoms. The average molecular weight is 211 g/mol. The largest absolute Gasteiger partial charge is 0.317 e. The van der Waals surface area contributed by atoms with Gasteiger partial charge in [-0.25, -0.2) is 8.78 Å². The fraction of sp³-hybridized carbons (Fsp3) is 0.500. The molecular weight excluding hydrogens is 196 g/mol. The normalized spacial score (nSPS) is 25.8. The van der Waals surface area contributed by atoms with Crippen molar-refractivity contribution in [1.82, 2.24) is 5.32 Å². The van der Waals surface area contributed by atoms with Gasteiger partial charge in [-0.05, 0) is 49.9 Å². The van der Waals surface area contributed by atoms with Crippen molar-refractivity contribution in [2.24, 2.45) is 0 Å². The zero-order valence-electron chi connectivity index (χ0n) is 8.76. The second-order valence-electron chi connectivity index (χ2n) is 4.20. The van der Waals surface area contributed by atoms with E-state index in [1.807, 2.05) is 7.05 Å². The lowest BCUT2D eigenvalue weighted by Crippen LogP contribution is -2.21. The topological polar surface area (TPSA) is 12.0 Å². The van der Waals surface area contributed by atoms with Crippen molar-refractivity contribution in [2.45, 2.75) is 31.2 Å². The van der Waals surface area contributed by atoms with Crippen LogP contribution in [0.3, 0.4) is 0 Å². The van der Waals surface area contributed by atoms with Gasteiger partial charge in [0.15, 0.2) is 0 Å². The first kappa shape index (κ1) is 10.6. The molecule has 1 aromatic rings. The van der Waals surface area contributed by atoms with Crippen LogP contribution in [-0.4, -0.2) is 13.1 Å². The van der Waals surface area contributed by atoms with Crippen LogP contribution < -0.4 is 5.32 Å². The van der Waals surface area contributed by atoms with Crippen LogP contribution >= 0.6 is 0 Å². The highest BCUT2D eigenvalue weighted by Crippen LogP contribution is 2.34. The first-order valence-corrected chi connectivity index (χ1v) is 5.32. The van der Waals surface area contributed by atoms with Crippen molar-refractivity contribution >= 4 is 0 Å². The van der Waals surface area contributed by atoms with Gasteiger partial charge >= 0.3 is 0 Å². The first-order valence-electron chi connectivity index (χ1n) is 5.32. The maximum atomic E-state index is 13.0. The van der Waals surface area contributed by atoms with E-state index < -0.39 is 11.6 Å². The van der Waals surface area contributed by atoms with Crippen LogP contribution in [-0.2, 0) is 0 Å². The molecule has 2 atom stereocenters. The second kappa shape index (κ2) is 4.27. The lowest BCUT2D eigenvalue weighted by molar-refractivity contribution is 0.559. The summed E-state index contributed by atoms with van der Waals surface area (Å²) in [5.74, 6) is -0.650. The number of nitrogens with one attached hydrogen (secondary N) is 1. The Kier molecular flexibility index (Phi) is 3.00. The van der Waals surface area contributed by atoms with Crippen molar-refractivity contribution in [3.63, 3.8) is 0 Å². The molecular formula is C12H15F2N. The van der Waals surface area contributed by atoms with E-state index in [0.717, 1.165) is 30.9 Å². The minimum atomic E-state index is -0.474. The molecule has 1 saturated carbocycles. The number of benzene rings is 1. The van der Waals surface area contributed by atoms with Crippen LogP contribution in [0.4, 0.5) is 8.78 Å². The van der Waals surface area contributed by atoms with Crippen LogP contribution in [0.1, 0.15) is 30.7 Å². The fourth-order valence-corrected chi connectivity index (χ4v) is 2.36. The molecule has 1 aliphatic carbocycles. The summed E-state index contributed by atoms with van der Waals surface area (Å²) in [7, 11) is 1.93. The van der Waals surface area contributed by atoms with E-state index in [2.05, 4.69) is 5.32 Å². The highest BCUT2D eigenvalue weighted by molar-refractivity contribution is 5.23. The summed E-state index contributed by atoms with van der Waals surface area (Å²) in [4.78, 5) is 0. The minimum Gasteiger partial charge on any atom is -0.317 e. The maximum Gasteiger partial charge on any atom is 0.126 e. The third-order valence-electron chi connectivity index (χ3n) is 3.20. The maximum absolute atomic E-state index is 13.0. The highest BCUT2D eigenvalue weighted by atomic mass is 19.1. The van der Waals surface area contributed by atoms with Gasteiger partial charge in [0.25, 0.3) is 0 Å². The Morgan fingerprint density at radius 3 is 2.33 bits per heavy atom. The molecule has 2 unspecified atom stereocenters. The molecule has 0 bridgehead atoms. The summed E-state index contributed by atoms with van der Waals surface area (Å²) >= 11 is 0. The molecule has 1 nitrogen and oxygen atoms in total. The number of hydrogen-bond donors (Lipinski definition) is 1. The van der Waals surface area contributed by atoms with Crippen LogP contribution in [0.5, 0.6) is 0 Å². The average Bonchev–Trinajstić information content (AvgIpc) is 2.64. The fourth-order valence-electron chi connectivity index (χ4n) is 2.36. The van der Waals surface area contributed by atoms with E-state index in [-0.39, 0.29) is 0 Å². The first-order chi connectivity index (χ1) is 7.19. The Bertz CT molecular complexity index is 331. The molecule has 1 N–H and O–H groups in total. The third-order valence-corrected chi connectivity index (χ3v) is 3.20. The van der Waals surface area contributed by atoms with Crippen molar-refractivity contribution in [3.8, 4) is 0 Å². The minimum absolute atomic E-state index is 0.299. The Hall–Kier alpha value is -0.960. The van der Waals surface area contributed by atoms with Crippen molar-refractivity contribution in [1.29, 1.82) is 0 Å². The predicted octanol–water partition coefficient (Wildman–Crippen LogP) is 2.82. The van der Waals surface area contributed by atoms with Gasteiger partial charge in [0, 0.05) is 12.1 Å². The summed E-state index contributed by atoms with van der Waals surface area (Å²) in [5, 5.41) is 3.21. The smallest absolute Gasteiger partial charge is 0.126 e. The summed E-state index contributed by atoms with van der Waals surface area (Å²) in [6.45, 7) is 0. The monoisotopic (exact) mass is 211 g/mol. The van der Waals surface area contributed by atoms with Gasteiger partial charge < -0.3 is 5.32 Å². The van der Waals surface area contributed by atoms with Crippen LogP contribution in [0.15, 0.2) is 18.2 Å². The molecule has 1 aliphatic rings.